The Balaban J connectivity index is 4.19. The minimum Gasteiger partial charge on any atom is -0.350 e. The summed E-state index contributed by atoms with van der Waals surface area (Å²) in [5.41, 5.74) is 0.574. The predicted molar refractivity (Wildman–Crippen MR) is 73.1 cm³/mol. The van der Waals surface area contributed by atoms with Gasteiger partial charge in [-0.15, -0.1) is 0 Å². The molecule has 0 radical (unpaired) electrons. The number of rotatable bonds is 8. The maximum Gasteiger partial charge on any atom is 0.246 e. The maximum atomic E-state index is 11.6. The van der Waals surface area contributed by atoms with Crippen LogP contribution >= 0.6 is 0 Å². The molecule has 1 amide bonds. The Morgan fingerprint density at radius 1 is 1.12 bits per heavy atom. The molecule has 0 aliphatic heterocycles. The van der Waals surface area contributed by atoms with E-state index in [0.717, 1.165) is 25.9 Å². The van der Waals surface area contributed by atoms with E-state index in [-0.39, 0.29) is 11.9 Å². The molecule has 0 rings (SSSR count). The average Bonchev–Trinajstić information content (AvgIpc) is 2.21. The molecule has 0 aromatic rings. The van der Waals surface area contributed by atoms with Crippen molar-refractivity contribution in [3.05, 3.63) is 12.2 Å². The third kappa shape index (κ3) is 8.89. The summed E-state index contributed by atoms with van der Waals surface area (Å²) in [7, 11) is 8.18. The lowest BCUT2D eigenvalue weighted by Gasteiger charge is -2.22. The average molecular weight is 241 g/mol. The molecule has 1 N–H and O–H groups in total. The predicted octanol–water partition coefficient (Wildman–Crippen LogP) is 0.951. The standard InChI is InChI=1S/C13H27N3O/c1-11(2)13(17)14-12(7-9-15(3)4)8-10-16(5)6/h12H,1,7-10H2,2-6H3,(H,14,17). The summed E-state index contributed by atoms with van der Waals surface area (Å²) in [6, 6.07) is 0.226. The zero-order valence-electron chi connectivity index (χ0n) is 11.9. The molecule has 100 valence electrons. The highest BCUT2D eigenvalue weighted by molar-refractivity contribution is 5.92. The van der Waals surface area contributed by atoms with Crippen LogP contribution < -0.4 is 5.32 Å². The fraction of sp³-hybridized carbons (Fsp3) is 0.769. The molecular weight excluding hydrogens is 214 g/mol. The smallest absolute Gasteiger partial charge is 0.246 e. The van der Waals surface area contributed by atoms with E-state index < -0.39 is 0 Å². The van der Waals surface area contributed by atoms with Crippen molar-refractivity contribution in [1.82, 2.24) is 15.1 Å². The van der Waals surface area contributed by atoms with Crippen LogP contribution in [0, 0.1) is 0 Å². The van der Waals surface area contributed by atoms with Crippen LogP contribution in [0.5, 0.6) is 0 Å². The van der Waals surface area contributed by atoms with Crippen molar-refractivity contribution >= 4 is 5.91 Å². The van der Waals surface area contributed by atoms with Crippen molar-refractivity contribution in [2.45, 2.75) is 25.8 Å². The van der Waals surface area contributed by atoms with Gasteiger partial charge in [-0.3, -0.25) is 4.79 Å². The first kappa shape index (κ1) is 16.1. The van der Waals surface area contributed by atoms with Crippen LogP contribution in [0.15, 0.2) is 12.2 Å². The fourth-order valence-corrected chi connectivity index (χ4v) is 1.43. The van der Waals surface area contributed by atoms with E-state index in [4.69, 9.17) is 0 Å². The molecule has 0 saturated heterocycles. The molecule has 0 saturated carbocycles. The number of nitrogens with one attached hydrogen (secondary N) is 1. The van der Waals surface area contributed by atoms with Crippen LogP contribution in [0.3, 0.4) is 0 Å². The minimum absolute atomic E-state index is 0.0347. The highest BCUT2D eigenvalue weighted by Gasteiger charge is 2.13. The van der Waals surface area contributed by atoms with Gasteiger partial charge in [-0.2, -0.15) is 0 Å². The first-order chi connectivity index (χ1) is 7.82. The molecule has 17 heavy (non-hydrogen) atoms. The Labute approximate surface area is 106 Å². The Bertz CT molecular complexity index is 237. The van der Waals surface area contributed by atoms with Crippen molar-refractivity contribution in [1.29, 1.82) is 0 Å². The minimum atomic E-state index is -0.0347. The molecule has 0 bridgehead atoms. The van der Waals surface area contributed by atoms with Crippen molar-refractivity contribution < 1.29 is 4.79 Å². The Morgan fingerprint density at radius 3 is 1.82 bits per heavy atom. The van der Waals surface area contributed by atoms with Gasteiger partial charge >= 0.3 is 0 Å². The second-order valence-electron chi connectivity index (χ2n) is 5.13. The molecule has 4 nitrogen and oxygen atoms in total. The van der Waals surface area contributed by atoms with Gasteiger partial charge in [0.25, 0.3) is 0 Å². The van der Waals surface area contributed by atoms with E-state index in [9.17, 15) is 4.79 Å². The number of nitrogens with zero attached hydrogens (tertiary/aromatic N) is 2. The Hall–Kier alpha value is -0.870. The summed E-state index contributed by atoms with van der Waals surface area (Å²) in [6.45, 7) is 7.37. The normalized spacial score (nSPS) is 11.3. The lowest BCUT2D eigenvalue weighted by Crippen LogP contribution is -2.39. The van der Waals surface area contributed by atoms with Crippen molar-refractivity contribution in [3.63, 3.8) is 0 Å². The molecule has 0 unspecified atom stereocenters. The summed E-state index contributed by atoms with van der Waals surface area (Å²) in [5, 5.41) is 3.04. The van der Waals surface area contributed by atoms with E-state index in [2.05, 4.69) is 21.7 Å². The van der Waals surface area contributed by atoms with E-state index in [1.165, 1.54) is 0 Å². The molecule has 0 atom stereocenters. The molecular formula is C13H27N3O. The van der Waals surface area contributed by atoms with Crippen molar-refractivity contribution in [2.24, 2.45) is 0 Å². The van der Waals surface area contributed by atoms with Gasteiger partial charge in [0.2, 0.25) is 5.91 Å². The second-order valence-corrected chi connectivity index (χ2v) is 5.13. The Kier molecular flexibility index (Phi) is 7.83. The number of carbonyl (C=O) groups is 1. The number of carbonyl (C=O) groups excluding carboxylic acids is 1. The second kappa shape index (κ2) is 8.25. The van der Waals surface area contributed by atoms with Crippen LogP contribution in [0.4, 0.5) is 0 Å². The van der Waals surface area contributed by atoms with Crippen LogP contribution in [0.1, 0.15) is 19.8 Å². The van der Waals surface area contributed by atoms with E-state index in [1.807, 2.05) is 28.2 Å². The molecule has 0 aliphatic rings. The number of hydrogen-bond donors (Lipinski definition) is 1. The van der Waals surface area contributed by atoms with Crippen molar-refractivity contribution in [2.75, 3.05) is 41.3 Å². The number of hydrogen-bond acceptors (Lipinski definition) is 3. The van der Waals surface area contributed by atoms with Gasteiger partial charge in [0, 0.05) is 11.6 Å². The lowest BCUT2D eigenvalue weighted by molar-refractivity contribution is -0.118. The summed E-state index contributed by atoms with van der Waals surface area (Å²) in [5.74, 6) is -0.0347. The molecule has 0 aromatic heterocycles. The zero-order chi connectivity index (χ0) is 13.4. The SMILES string of the molecule is C=C(C)C(=O)NC(CCN(C)C)CCN(C)C. The van der Waals surface area contributed by atoms with Gasteiger partial charge in [-0.1, -0.05) is 6.58 Å². The molecule has 0 fully saturated rings. The zero-order valence-corrected chi connectivity index (χ0v) is 11.9. The monoisotopic (exact) mass is 241 g/mol. The first-order valence-corrected chi connectivity index (χ1v) is 6.08. The third-order valence-corrected chi connectivity index (χ3v) is 2.57. The van der Waals surface area contributed by atoms with Crippen LogP contribution in [-0.4, -0.2) is 63.0 Å². The lowest BCUT2D eigenvalue weighted by atomic mass is 10.1. The molecule has 0 spiro atoms. The molecule has 4 heteroatoms. The summed E-state index contributed by atoms with van der Waals surface area (Å²) in [4.78, 5) is 15.9. The van der Waals surface area contributed by atoms with Crippen LogP contribution in [0.2, 0.25) is 0 Å². The third-order valence-electron chi connectivity index (χ3n) is 2.57. The number of amides is 1. The van der Waals surface area contributed by atoms with Gasteiger partial charge in [-0.05, 0) is 61.0 Å². The largest absolute Gasteiger partial charge is 0.350 e. The highest BCUT2D eigenvalue weighted by atomic mass is 16.1. The highest BCUT2D eigenvalue weighted by Crippen LogP contribution is 2.02. The van der Waals surface area contributed by atoms with E-state index in [1.54, 1.807) is 6.92 Å². The molecule has 0 aromatic carbocycles. The fourth-order valence-electron chi connectivity index (χ4n) is 1.43. The van der Waals surface area contributed by atoms with E-state index >= 15 is 0 Å². The summed E-state index contributed by atoms with van der Waals surface area (Å²) in [6.07, 6.45) is 1.94. The summed E-state index contributed by atoms with van der Waals surface area (Å²) >= 11 is 0. The molecule has 0 heterocycles. The van der Waals surface area contributed by atoms with E-state index in [0.29, 0.717) is 5.57 Å². The van der Waals surface area contributed by atoms with Gasteiger partial charge in [0.05, 0.1) is 0 Å². The first-order valence-electron chi connectivity index (χ1n) is 6.08. The van der Waals surface area contributed by atoms with Crippen LogP contribution in [0.25, 0.3) is 0 Å². The van der Waals surface area contributed by atoms with Crippen molar-refractivity contribution in [3.8, 4) is 0 Å². The molecule has 0 aliphatic carbocycles. The van der Waals surface area contributed by atoms with Gasteiger partial charge in [0.15, 0.2) is 0 Å². The van der Waals surface area contributed by atoms with Gasteiger partial charge in [0.1, 0.15) is 0 Å². The van der Waals surface area contributed by atoms with Gasteiger partial charge < -0.3 is 15.1 Å². The summed E-state index contributed by atoms with van der Waals surface area (Å²) < 4.78 is 0. The quantitative estimate of drug-likeness (QED) is 0.643. The maximum absolute atomic E-state index is 11.6. The Morgan fingerprint density at radius 2 is 1.53 bits per heavy atom. The van der Waals surface area contributed by atoms with Gasteiger partial charge in [-0.25, -0.2) is 0 Å². The topological polar surface area (TPSA) is 35.6 Å². The van der Waals surface area contributed by atoms with Crippen LogP contribution in [-0.2, 0) is 4.79 Å².